The number of ether oxygens (including phenoxy) is 1. The van der Waals surface area contributed by atoms with Gasteiger partial charge in [-0.1, -0.05) is 26.8 Å². The minimum Gasteiger partial charge on any atom is -0.490 e. The number of aliphatic carboxylic acids is 1. The fourth-order valence-electron chi connectivity index (χ4n) is 4.34. The number of pyridine rings is 1. The van der Waals surface area contributed by atoms with Crippen LogP contribution < -0.4 is 10.1 Å². The second-order valence-corrected chi connectivity index (χ2v) is 10.2. The van der Waals surface area contributed by atoms with E-state index in [0.29, 0.717) is 18.1 Å². The molecule has 1 fully saturated rings. The van der Waals surface area contributed by atoms with E-state index in [1.54, 1.807) is 0 Å². The van der Waals surface area contributed by atoms with Crippen molar-refractivity contribution in [3.05, 3.63) is 36.0 Å². The maximum Gasteiger partial charge on any atom is 0.304 e. The fourth-order valence-corrected chi connectivity index (χ4v) is 4.34. The summed E-state index contributed by atoms with van der Waals surface area (Å²) in [5.74, 6) is 0.892. The van der Waals surface area contributed by atoms with Crippen LogP contribution in [0.15, 0.2) is 30.3 Å². The van der Waals surface area contributed by atoms with Crippen LogP contribution in [0, 0.1) is 11.3 Å². The lowest BCUT2D eigenvalue weighted by molar-refractivity contribution is -0.136. The molecule has 5 nitrogen and oxygen atoms in total. The lowest BCUT2D eigenvalue weighted by Gasteiger charge is -2.37. The second-order valence-electron chi connectivity index (χ2n) is 10.2. The Hall–Kier alpha value is -2.14. The predicted octanol–water partition coefficient (Wildman–Crippen LogP) is 5.52. The van der Waals surface area contributed by atoms with Crippen molar-refractivity contribution in [2.75, 3.05) is 6.54 Å². The number of carboxylic acids is 1. The number of hydrogen-bond donors (Lipinski definition) is 2. The van der Waals surface area contributed by atoms with Gasteiger partial charge in [-0.3, -0.25) is 9.78 Å². The zero-order valence-corrected chi connectivity index (χ0v) is 19.0. The summed E-state index contributed by atoms with van der Waals surface area (Å²) in [6.45, 7) is 11.5. The Balaban J connectivity index is 1.65. The Morgan fingerprint density at radius 2 is 1.80 bits per heavy atom. The summed E-state index contributed by atoms with van der Waals surface area (Å²) in [5.41, 5.74) is 1.80. The number of nitrogens with one attached hydrogen (secondary N) is 1. The van der Waals surface area contributed by atoms with Crippen LogP contribution in [0.4, 0.5) is 0 Å². The molecule has 2 N–H and O–H groups in total. The Morgan fingerprint density at radius 1 is 1.10 bits per heavy atom. The van der Waals surface area contributed by atoms with Gasteiger partial charge in [0.15, 0.2) is 0 Å². The number of aromatic nitrogens is 1. The summed E-state index contributed by atoms with van der Waals surface area (Å²) in [6, 6.07) is 10.2. The van der Waals surface area contributed by atoms with Gasteiger partial charge in [-0.05, 0) is 75.1 Å². The molecule has 0 unspecified atom stereocenters. The van der Waals surface area contributed by atoms with Crippen LogP contribution in [0.2, 0.25) is 0 Å². The lowest BCUT2D eigenvalue weighted by Crippen LogP contribution is -2.38. The first-order valence-electron chi connectivity index (χ1n) is 11.1. The molecular formula is C25H36N2O3. The molecule has 5 heteroatoms. The molecule has 0 amide bonds. The molecule has 1 heterocycles. The highest BCUT2D eigenvalue weighted by Gasteiger charge is 2.30. The van der Waals surface area contributed by atoms with Gasteiger partial charge in [-0.2, -0.15) is 0 Å². The largest absolute Gasteiger partial charge is 0.490 e. The van der Waals surface area contributed by atoms with Crippen LogP contribution in [0.1, 0.15) is 72.4 Å². The molecular weight excluding hydrogens is 376 g/mol. The highest BCUT2D eigenvalue weighted by atomic mass is 16.5. The Bertz CT molecular complexity index is 878. The van der Waals surface area contributed by atoms with E-state index in [4.69, 9.17) is 14.8 Å². The lowest BCUT2D eigenvalue weighted by atomic mass is 9.72. The third-order valence-corrected chi connectivity index (χ3v) is 6.41. The van der Waals surface area contributed by atoms with Crippen molar-refractivity contribution in [3.63, 3.8) is 0 Å². The standard InChI is InChI=1S/C25H36N2O3/c1-24(2,3)18-7-9-19(10-8-18)30-20-11-12-21-17(16-20)6-13-22(27-21)25(4,5)26-15-14-23(28)29/h6,11-13,16,18-19,26H,7-10,14-15H2,1-5H3,(H,28,29). The third kappa shape index (κ3) is 5.72. The summed E-state index contributed by atoms with van der Waals surface area (Å²) in [7, 11) is 0. The first kappa shape index (κ1) is 22.5. The number of nitrogens with zero attached hydrogens (tertiary/aromatic N) is 1. The van der Waals surface area contributed by atoms with Gasteiger partial charge in [0.1, 0.15) is 5.75 Å². The molecule has 3 rings (SSSR count). The summed E-state index contributed by atoms with van der Waals surface area (Å²) in [6.07, 6.45) is 5.09. The van der Waals surface area contributed by atoms with Crippen molar-refractivity contribution >= 4 is 16.9 Å². The highest BCUT2D eigenvalue weighted by molar-refractivity contribution is 5.80. The average molecular weight is 413 g/mol. The van der Waals surface area contributed by atoms with Crippen molar-refractivity contribution in [2.24, 2.45) is 11.3 Å². The molecule has 0 aliphatic heterocycles. The topological polar surface area (TPSA) is 71.5 Å². The van der Waals surface area contributed by atoms with E-state index in [1.807, 2.05) is 32.0 Å². The van der Waals surface area contributed by atoms with Crippen molar-refractivity contribution in [1.29, 1.82) is 0 Å². The van der Waals surface area contributed by atoms with Crippen molar-refractivity contribution in [2.45, 2.75) is 78.4 Å². The quantitative estimate of drug-likeness (QED) is 0.627. The molecule has 164 valence electrons. The monoisotopic (exact) mass is 412 g/mol. The number of benzene rings is 1. The fraction of sp³-hybridized carbons (Fsp3) is 0.600. The van der Waals surface area contributed by atoms with Crippen LogP contribution in [0.25, 0.3) is 10.9 Å². The number of hydrogen-bond acceptors (Lipinski definition) is 4. The maximum absolute atomic E-state index is 10.8. The van der Waals surface area contributed by atoms with E-state index in [9.17, 15) is 4.79 Å². The van der Waals surface area contributed by atoms with Crippen molar-refractivity contribution < 1.29 is 14.6 Å². The van der Waals surface area contributed by atoms with Gasteiger partial charge < -0.3 is 15.2 Å². The number of carboxylic acid groups (broad SMARTS) is 1. The van der Waals surface area contributed by atoms with E-state index in [1.165, 1.54) is 12.8 Å². The van der Waals surface area contributed by atoms with Crippen LogP contribution in [0.3, 0.4) is 0 Å². The Labute approximate surface area is 180 Å². The molecule has 0 spiro atoms. The van der Waals surface area contributed by atoms with Crippen LogP contribution in [-0.2, 0) is 10.3 Å². The zero-order chi connectivity index (χ0) is 21.9. The van der Waals surface area contributed by atoms with Crippen molar-refractivity contribution in [1.82, 2.24) is 10.3 Å². The average Bonchev–Trinajstić information content (AvgIpc) is 2.67. The van der Waals surface area contributed by atoms with E-state index in [-0.39, 0.29) is 6.42 Å². The second kappa shape index (κ2) is 8.93. The molecule has 1 aliphatic rings. The number of fused-ring (bicyclic) bond motifs is 1. The summed E-state index contributed by atoms with van der Waals surface area (Å²) < 4.78 is 6.30. The molecule has 1 aromatic heterocycles. The Kier molecular flexibility index (Phi) is 6.71. The molecule has 30 heavy (non-hydrogen) atoms. The normalized spacial score (nSPS) is 20.3. The van der Waals surface area contributed by atoms with E-state index >= 15 is 0 Å². The van der Waals surface area contributed by atoms with Gasteiger partial charge in [-0.25, -0.2) is 0 Å². The molecule has 0 bridgehead atoms. The van der Waals surface area contributed by atoms with Gasteiger partial charge in [-0.15, -0.1) is 0 Å². The molecule has 0 atom stereocenters. The highest BCUT2D eigenvalue weighted by Crippen LogP contribution is 2.39. The van der Waals surface area contributed by atoms with E-state index in [2.05, 4.69) is 38.2 Å². The predicted molar refractivity (Wildman–Crippen MR) is 121 cm³/mol. The summed E-state index contributed by atoms with van der Waals surface area (Å²) >= 11 is 0. The summed E-state index contributed by atoms with van der Waals surface area (Å²) in [5, 5.41) is 13.2. The van der Waals surface area contributed by atoms with E-state index < -0.39 is 11.5 Å². The van der Waals surface area contributed by atoms with Crippen molar-refractivity contribution in [3.8, 4) is 5.75 Å². The van der Waals surface area contributed by atoms with Gasteiger partial charge >= 0.3 is 5.97 Å². The molecule has 0 saturated heterocycles. The first-order valence-corrected chi connectivity index (χ1v) is 11.1. The summed E-state index contributed by atoms with van der Waals surface area (Å²) in [4.78, 5) is 15.6. The van der Waals surface area contributed by atoms with E-state index in [0.717, 1.165) is 41.1 Å². The minimum atomic E-state index is -0.802. The minimum absolute atomic E-state index is 0.0926. The molecule has 1 saturated carbocycles. The maximum atomic E-state index is 10.8. The first-order chi connectivity index (χ1) is 14.0. The van der Waals surface area contributed by atoms with Crippen LogP contribution in [0.5, 0.6) is 5.75 Å². The molecule has 0 radical (unpaired) electrons. The molecule has 2 aromatic rings. The van der Waals surface area contributed by atoms with Gasteiger partial charge in [0.05, 0.1) is 29.3 Å². The molecule has 1 aliphatic carbocycles. The Morgan fingerprint density at radius 3 is 2.43 bits per heavy atom. The SMILES string of the molecule is CC(C)(NCCC(=O)O)c1ccc2cc(OC3CCC(C(C)(C)C)CC3)ccc2n1. The van der Waals surface area contributed by atoms with Gasteiger partial charge in [0.25, 0.3) is 0 Å². The smallest absolute Gasteiger partial charge is 0.304 e. The third-order valence-electron chi connectivity index (χ3n) is 6.41. The van der Waals surface area contributed by atoms with Crippen LogP contribution >= 0.6 is 0 Å². The van der Waals surface area contributed by atoms with Crippen LogP contribution in [-0.4, -0.2) is 28.7 Å². The van der Waals surface area contributed by atoms with Gasteiger partial charge in [0.2, 0.25) is 0 Å². The number of rotatable bonds is 7. The zero-order valence-electron chi connectivity index (χ0n) is 19.0. The van der Waals surface area contributed by atoms with Gasteiger partial charge in [0, 0.05) is 11.9 Å². The number of carbonyl (C=O) groups is 1. The molecule has 1 aromatic carbocycles.